The van der Waals surface area contributed by atoms with Crippen molar-refractivity contribution in [1.29, 1.82) is 0 Å². The number of rotatable bonds is 6. The Balaban J connectivity index is 2.49. The van der Waals surface area contributed by atoms with Crippen molar-refractivity contribution >= 4 is 17.3 Å². The van der Waals surface area contributed by atoms with Crippen LogP contribution in [0.2, 0.25) is 0 Å². The average Bonchev–Trinajstić information content (AvgIpc) is 2.28. The fourth-order valence-corrected chi connectivity index (χ4v) is 1.33. The topological polar surface area (TPSA) is 90.4 Å². The predicted molar refractivity (Wildman–Crippen MR) is 64.4 cm³/mol. The van der Waals surface area contributed by atoms with E-state index in [9.17, 15) is 18.0 Å². The summed E-state index contributed by atoms with van der Waals surface area (Å²) < 4.78 is 42.0. The Hall–Kier alpha value is -1.96. The highest BCUT2D eigenvalue weighted by Gasteiger charge is 2.30. The number of primary amides is 1. The van der Waals surface area contributed by atoms with Crippen LogP contribution in [0.15, 0.2) is 18.2 Å². The van der Waals surface area contributed by atoms with Crippen LogP contribution in [0.25, 0.3) is 0 Å². The van der Waals surface area contributed by atoms with Gasteiger partial charge >= 0.3 is 6.18 Å². The molecule has 1 aromatic carbocycles. The van der Waals surface area contributed by atoms with E-state index in [0.717, 1.165) is 12.1 Å². The smallest absolute Gasteiger partial charge is 0.397 e. The number of nitrogen functional groups attached to an aromatic ring is 1. The molecule has 0 spiro atoms. The third kappa shape index (κ3) is 5.04. The molecule has 0 aliphatic rings. The van der Waals surface area contributed by atoms with Crippen LogP contribution in [0, 0.1) is 0 Å². The Labute approximate surface area is 107 Å². The lowest BCUT2D eigenvalue weighted by atomic mass is 10.1. The molecular weight excluding hydrogens is 263 g/mol. The molecule has 0 unspecified atom stereocenters. The Morgan fingerprint density at radius 3 is 2.58 bits per heavy atom. The van der Waals surface area contributed by atoms with Gasteiger partial charge in [0.2, 0.25) is 5.91 Å². The summed E-state index contributed by atoms with van der Waals surface area (Å²) in [6.07, 6.45) is -4.42. The largest absolute Gasteiger partial charge is 0.416 e. The molecule has 8 heteroatoms. The summed E-state index contributed by atoms with van der Waals surface area (Å²) in [6, 6.07) is 3.03. The fraction of sp³-hybridized carbons (Fsp3) is 0.364. The zero-order valence-corrected chi connectivity index (χ0v) is 9.96. The Kier molecular flexibility index (Phi) is 4.99. The van der Waals surface area contributed by atoms with Gasteiger partial charge in [0.15, 0.2) is 0 Å². The monoisotopic (exact) mass is 277 g/mol. The zero-order valence-electron chi connectivity index (χ0n) is 9.96. The van der Waals surface area contributed by atoms with Gasteiger partial charge in [0, 0.05) is 6.54 Å². The molecule has 5 nitrogen and oxygen atoms in total. The van der Waals surface area contributed by atoms with Gasteiger partial charge < -0.3 is 21.5 Å². The van der Waals surface area contributed by atoms with E-state index in [4.69, 9.17) is 16.2 Å². The number of amides is 1. The maximum atomic E-state index is 12.4. The molecule has 0 aromatic heterocycles. The number of hydrogen-bond donors (Lipinski definition) is 3. The van der Waals surface area contributed by atoms with Crippen LogP contribution in [-0.2, 0) is 15.7 Å². The zero-order chi connectivity index (χ0) is 14.5. The molecule has 19 heavy (non-hydrogen) atoms. The summed E-state index contributed by atoms with van der Waals surface area (Å²) in [7, 11) is 0. The highest BCUT2D eigenvalue weighted by molar-refractivity contribution is 5.75. The number of ether oxygens (including phenoxy) is 1. The molecule has 1 aromatic rings. The quantitative estimate of drug-likeness (QED) is 0.538. The molecule has 0 radical (unpaired) electrons. The van der Waals surface area contributed by atoms with Crippen molar-refractivity contribution in [1.82, 2.24) is 0 Å². The second kappa shape index (κ2) is 6.28. The number of alkyl halides is 3. The van der Waals surface area contributed by atoms with E-state index in [1.165, 1.54) is 6.07 Å². The molecule has 0 bridgehead atoms. The highest BCUT2D eigenvalue weighted by Crippen LogP contribution is 2.32. The Morgan fingerprint density at radius 2 is 2.05 bits per heavy atom. The summed E-state index contributed by atoms with van der Waals surface area (Å²) in [5.74, 6) is -0.589. The second-order valence-corrected chi connectivity index (χ2v) is 3.75. The number of halogens is 3. The van der Waals surface area contributed by atoms with E-state index in [2.05, 4.69) is 5.32 Å². The van der Waals surface area contributed by atoms with E-state index in [0.29, 0.717) is 12.2 Å². The number of anilines is 2. The molecule has 1 rings (SSSR count). The standard InChI is InChI=1S/C11H14F3N3O2/c12-11(13,14)7-1-2-9(8(15)5-7)17-3-4-19-6-10(16)18/h1-2,5,17H,3-4,6,15H2,(H2,16,18). The van der Waals surface area contributed by atoms with Crippen molar-refractivity contribution in [2.24, 2.45) is 5.73 Å². The number of nitrogens with two attached hydrogens (primary N) is 2. The van der Waals surface area contributed by atoms with Crippen LogP contribution in [0.1, 0.15) is 5.56 Å². The normalized spacial score (nSPS) is 11.3. The Bertz CT molecular complexity index is 449. The number of hydrogen-bond acceptors (Lipinski definition) is 4. The van der Waals surface area contributed by atoms with Crippen molar-refractivity contribution in [2.75, 3.05) is 30.8 Å². The number of carbonyl (C=O) groups is 1. The minimum absolute atomic E-state index is 0.00951. The van der Waals surface area contributed by atoms with Gasteiger partial charge in [0.1, 0.15) is 6.61 Å². The average molecular weight is 277 g/mol. The van der Waals surface area contributed by atoms with Gasteiger partial charge in [-0.15, -0.1) is 0 Å². The lowest BCUT2D eigenvalue weighted by molar-refractivity contribution is -0.137. The molecule has 0 fully saturated rings. The molecule has 0 atom stereocenters. The van der Waals surface area contributed by atoms with Crippen LogP contribution < -0.4 is 16.8 Å². The first-order valence-corrected chi connectivity index (χ1v) is 5.37. The third-order valence-electron chi connectivity index (χ3n) is 2.19. The summed E-state index contributed by atoms with van der Waals surface area (Å²) in [4.78, 5) is 10.4. The van der Waals surface area contributed by atoms with Crippen LogP contribution in [-0.4, -0.2) is 25.7 Å². The minimum atomic E-state index is -4.42. The maximum absolute atomic E-state index is 12.4. The van der Waals surface area contributed by atoms with Crippen LogP contribution in [0.3, 0.4) is 0 Å². The Morgan fingerprint density at radius 1 is 1.37 bits per heavy atom. The molecule has 0 saturated carbocycles. The summed E-state index contributed by atoms with van der Waals surface area (Å²) in [5, 5.41) is 2.80. The van der Waals surface area contributed by atoms with E-state index in [1.54, 1.807) is 0 Å². The molecule has 1 amide bonds. The minimum Gasteiger partial charge on any atom is -0.397 e. The van der Waals surface area contributed by atoms with Gasteiger partial charge in [0.25, 0.3) is 0 Å². The van der Waals surface area contributed by atoms with E-state index in [1.807, 2.05) is 0 Å². The first-order valence-electron chi connectivity index (χ1n) is 5.37. The van der Waals surface area contributed by atoms with Gasteiger partial charge in [-0.2, -0.15) is 13.2 Å². The fourth-order valence-electron chi connectivity index (χ4n) is 1.33. The van der Waals surface area contributed by atoms with Gasteiger partial charge in [-0.1, -0.05) is 0 Å². The van der Waals surface area contributed by atoms with Crippen molar-refractivity contribution in [3.63, 3.8) is 0 Å². The van der Waals surface area contributed by atoms with Gasteiger partial charge in [0.05, 0.1) is 23.5 Å². The molecule has 0 aliphatic heterocycles. The first kappa shape index (κ1) is 15.1. The van der Waals surface area contributed by atoms with Gasteiger partial charge in [-0.3, -0.25) is 4.79 Å². The molecule has 0 saturated heterocycles. The molecule has 106 valence electrons. The third-order valence-corrected chi connectivity index (χ3v) is 2.19. The molecule has 5 N–H and O–H groups in total. The summed E-state index contributed by atoms with van der Waals surface area (Å²) >= 11 is 0. The van der Waals surface area contributed by atoms with Gasteiger partial charge in [-0.05, 0) is 18.2 Å². The number of nitrogens with one attached hydrogen (secondary N) is 1. The highest BCUT2D eigenvalue weighted by atomic mass is 19.4. The molecular formula is C11H14F3N3O2. The SMILES string of the molecule is NC(=O)COCCNc1ccc(C(F)(F)F)cc1N. The first-order chi connectivity index (χ1) is 8.80. The van der Waals surface area contributed by atoms with Crippen molar-refractivity contribution in [2.45, 2.75) is 6.18 Å². The molecule has 0 heterocycles. The maximum Gasteiger partial charge on any atom is 0.416 e. The van der Waals surface area contributed by atoms with Gasteiger partial charge in [-0.25, -0.2) is 0 Å². The van der Waals surface area contributed by atoms with Crippen LogP contribution in [0.5, 0.6) is 0 Å². The molecule has 0 aliphatic carbocycles. The van der Waals surface area contributed by atoms with Crippen molar-refractivity contribution in [3.05, 3.63) is 23.8 Å². The second-order valence-electron chi connectivity index (χ2n) is 3.75. The van der Waals surface area contributed by atoms with Crippen molar-refractivity contribution < 1.29 is 22.7 Å². The van der Waals surface area contributed by atoms with Crippen LogP contribution >= 0.6 is 0 Å². The van der Waals surface area contributed by atoms with E-state index in [-0.39, 0.29) is 18.9 Å². The lowest BCUT2D eigenvalue weighted by Crippen LogP contribution is -2.20. The number of carbonyl (C=O) groups excluding carboxylic acids is 1. The summed E-state index contributed by atoms with van der Waals surface area (Å²) in [5.41, 5.74) is 9.92. The van der Waals surface area contributed by atoms with Crippen LogP contribution in [0.4, 0.5) is 24.5 Å². The summed E-state index contributed by atoms with van der Waals surface area (Å²) in [6.45, 7) is 0.274. The lowest BCUT2D eigenvalue weighted by Gasteiger charge is -2.12. The predicted octanol–water partition coefficient (Wildman–Crippen LogP) is 1.20. The van der Waals surface area contributed by atoms with E-state index < -0.39 is 17.6 Å². The van der Waals surface area contributed by atoms with Crippen molar-refractivity contribution in [3.8, 4) is 0 Å². The number of benzene rings is 1. The van der Waals surface area contributed by atoms with E-state index >= 15 is 0 Å².